The van der Waals surface area contributed by atoms with Crippen LogP contribution >= 0.6 is 0 Å². The highest BCUT2D eigenvalue weighted by molar-refractivity contribution is 7.91. The lowest BCUT2D eigenvalue weighted by Crippen LogP contribution is -2.22. The molecule has 0 saturated carbocycles. The van der Waals surface area contributed by atoms with Crippen molar-refractivity contribution in [2.45, 2.75) is 45.1 Å². The molecule has 0 saturated heterocycles. The Kier molecular flexibility index (Phi) is 7.58. The number of rotatable bonds is 11. The highest BCUT2D eigenvalue weighted by Gasteiger charge is 2.24. The Morgan fingerprint density at radius 3 is 2.59 bits per heavy atom. The highest BCUT2D eigenvalue weighted by Crippen LogP contribution is 2.17. The number of aromatic nitrogens is 4. The first-order valence-electron chi connectivity index (χ1n) is 9.15. The summed E-state index contributed by atoms with van der Waals surface area (Å²) in [7, 11) is 2.07. The fourth-order valence-electron chi connectivity index (χ4n) is 2.87. The Morgan fingerprint density at radius 2 is 2.00 bits per heavy atom. The maximum absolute atomic E-state index is 12.8. The molecule has 0 atom stereocenters. The van der Waals surface area contributed by atoms with Gasteiger partial charge in [0.05, 0.1) is 30.4 Å². The molecule has 2 aromatic heterocycles. The molecule has 152 valence electrons. The first-order valence-corrected chi connectivity index (χ1v) is 10.8. The van der Waals surface area contributed by atoms with Gasteiger partial charge in [-0.3, -0.25) is 9.58 Å². The predicted molar refractivity (Wildman–Crippen MR) is 104 cm³/mol. The third kappa shape index (κ3) is 6.15. The second-order valence-electron chi connectivity index (χ2n) is 7.37. The van der Waals surface area contributed by atoms with Crippen molar-refractivity contribution in [3.8, 4) is 0 Å². The van der Waals surface area contributed by atoms with Crippen LogP contribution in [0.5, 0.6) is 0 Å². The van der Waals surface area contributed by atoms with Crippen LogP contribution in [0.1, 0.15) is 31.5 Å². The Morgan fingerprint density at radius 1 is 1.26 bits per heavy atom. The molecule has 0 N–H and O–H groups in total. The first-order chi connectivity index (χ1) is 12.7. The van der Waals surface area contributed by atoms with E-state index in [9.17, 15) is 8.42 Å². The summed E-state index contributed by atoms with van der Waals surface area (Å²) in [6.07, 6.45) is 6.09. The zero-order valence-corrected chi connectivity index (χ0v) is 17.7. The van der Waals surface area contributed by atoms with Gasteiger partial charge in [0.2, 0.25) is 15.0 Å². The fraction of sp³-hybridized carbons (Fsp3) is 0.667. The Labute approximate surface area is 162 Å². The van der Waals surface area contributed by atoms with Gasteiger partial charge in [-0.25, -0.2) is 13.4 Å². The van der Waals surface area contributed by atoms with Crippen molar-refractivity contribution in [1.29, 1.82) is 0 Å². The van der Waals surface area contributed by atoms with E-state index in [-0.39, 0.29) is 10.9 Å². The molecule has 0 bridgehead atoms. The second-order valence-corrected chi connectivity index (χ2v) is 9.38. The number of hydrogen-bond donors (Lipinski definition) is 0. The van der Waals surface area contributed by atoms with Crippen LogP contribution in [-0.4, -0.2) is 59.2 Å². The van der Waals surface area contributed by atoms with E-state index in [1.165, 1.54) is 0 Å². The van der Waals surface area contributed by atoms with Crippen molar-refractivity contribution in [3.63, 3.8) is 0 Å². The summed E-state index contributed by atoms with van der Waals surface area (Å²) in [6.45, 7) is 6.24. The summed E-state index contributed by atoms with van der Waals surface area (Å²) >= 11 is 0. The van der Waals surface area contributed by atoms with Gasteiger partial charge >= 0.3 is 0 Å². The van der Waals surface area contributed by atoms with E-state index < -0.39 is 9.84 Å². The maximum Gasteiger partial charge on any atom is 0.227 e. The van der Waals surface area contributed by atoms with Crippen molar-refractivity contribution in [2.75, 3.05) is 26.5 Å². The third-order valence-corrected chi connectivity index (χ3v) is 5.96. The minimum atomic E-state index is -3.42. The van der Waals surface area contributed by atoms with E-state index >= 15 is 0 Å². The van der Waals surface area contributed by atoms with E-state index in [1.807, 2.05) is 40.3 Å². The van der Waals surface area contributed by atoms with Crippen molar-refractivity contribution >= 4 is 9.84 Å². The fourth-order valence-corrected chi connectivity index (χ4v) is 4.59. The maximum atomic E-state index is 12.8. The number of nitrogens with zero attached hydrogens (tertiary/aromatic N) is 5. The zero-order chi connectivity index (χ0) is 20.0. The molecule has 0 aromatic carbocycles. The van der Waals surface area contributed by atoms with Gasteiger partial charge in [0.15, 0.2) is 0 Å². The molecule has 0 amide bonds. The van der Waals surface area contributed by atoms with E-state index in [0.717, 1.165) is 17.8 Å². The lowest BCUT2D eigenvalue weighted by atomic mass is 10.2. The summed E-state index contributed by atoms with van der Waals surface area (Å²) in [4.78, 5) is 6.37. The topological polar surface area (TPSA) is 82.2 Å². The van der Waals surface area contributed by atoms with Crippen LogP contribution in [0.4, 0.5) is 0 Å². The van der Waals surface area contributed by atoms with Crippen molar-refractivity contribution in [2.24, 2.45) is 13.0 Å². The monoisotopic (exact) mass is 397 g/mol. The van der Waals surface area contributed by atoms with E-state index in [1.54, 1.807) is 22.6 Å². The largest absolute Gasteiger partial charge is 0.383 e. The van der Waals surface area contributed by atoms with Gasteiger partial charge in [-0.05, 0) is 19.4 Å². The van der Waals surface area contributed by atoms with Gasteiger partial charge in [-0.1, -0.05) is 13.8 Å². The predicted octanol–water partition coefficient (Wildman–Crippen LogP) is 1.71. The van der Waals surface area contributed by atoms with Gasteiger partial charge in [0.25, 0.3) is 0 Å². The molecule has 2 rings (SSSR count). The van der Waals surface area contributed by atoms with Crippen molar-refractivity contribution in [1.82, 2.24) is 24.2 Å². The summed E-state index contributed by atoms with van der Waals surface area (Å²) in [6, 6.07) is 0. The van der Waals surface area contributed by atoms with Crippen LogP contribution in [0, 0.1) is 5.92 Å². The molecule has 0 aliphatic heterocycles. The number of methoxy groups -OCH3 is 1. The highest BCUT2D eigenvalue weighted by atomic mass is 32.2. The standard InChI is InChI=1S/C18H31N5O3S/c1-15(2)6-9-27(24,25)18-19-11-17(23(18)7-8-26-5)14-21(3)12-16-10-20-22(4)13-16/h10-11,13,15H,6-9,12,14H2,1-5H3. The molecule has 0 spiro atoms. The van der Waals surface area contributed by atoms with Gasteiger partial charge < -0.3 is 9.30 Å². The number of aryl methyl sites for hydroxylation is 1. The molecule has 0 unspecified atom stereocenters. The minimum absolute atomic E-state index is 0.111. The Bertz CT molecular complexity index is 826. The normalized spacial score (nSPS) is 12.4. The lowest BCUT2D eigenvalue weighted by molar-refractivity contribution is 0.182. The van der Waals surface area contributed by atoms with Crippen LogP contribution in [-0.2, 0) is 41.3 Å². The molecule has 0 radical (unpaired) electrons. The molecular weight excluding hydrogens is 366 g/mol. The van der Waals surface area contributed by atoms with E-state index in [2.05, 4.69) is 15.0 Å². The molecule has 0 aliphatic rings. The van der Waals surface area contributed by atoms with Gasteiger partial charge in [-0.15, -0.1) is 0 Å². The summed E-state index contributed by atoms with van der Waals surface area (Å²) in [5, 5.41) is 4.33. The van der Waals surface area contributed by atoms with Crippen LogP contribution in [0.15, 0.2) is 23.7 Å². The van der Waals surface area contributed by atoms with E-state index in [4.69, 9.17) is 4.74 Å². The molecule has 0 aliphatic carbocycles. The molecule has 27 heavy (non-hydrogen) atoms. The average molecular weight is 398 g/mol. The van der Waals surface area contributed by atoms with Gasteiger partial charge in [-0.2, -0.15) is 5.10 Å². The molecule has 2 aromatic rings. The van der Waals surface area contributed by atoms with Gasteiger partial charge in [0, 0.05) is 45.6 Å². The molecule has 8 nitrogen and oxygen atoms in total. The first kappa shape index (κ1) is 21.6. The quantitative estimate of drug-likeness (QED) is 0.574. The number of imidazole rings is 1. The Balaban J connectivity index is 2.19. The molecule has 0 fully saturated rings. The smallest absolute Gasteiger partial charge is 0.227 e. The number of hydrogen-bond acceptors (Lipinski definition) is 6. The lowest BCUT2D eigenvalue weighted by Gasteiger charge is -2.18. The molecule has 9 heteroatoms. The molecule has 2 heterocycles. The minimum Gasteiger partial charge on any atom is -0.383 e. The van der Waals surface area contributed by atoms with Crippen molar-refractivity contribution in [3.05, 3.63) is 29.8 Å². The van der Waals surface area contributed by atoms with E-state index in [0.29, 0.717) is 32.0 Å². The summed E-state index contributed by atoms with van der Waals surface area (Å²) in [5.74, 6) is 0.437. The second kappa shape index (κ2) is 9.48. The van der Waals surface area contributed by atoms with Crippen LogP contribution in [0.3, 0.4) is 0 Å². The number of ether oxygens (including phenoxy) is 1. The average Bonchev–Trinajstić information content (AvgIpc) is 3.17. The van der Waals surface area contributed by atoms with Gasteiger partial charge in [0.1, 0.15) is 0 Å². The third-order valence-electron chi connectivity index (χ3n) is 4.31. The van der Waals surface area contributed by atoms with Crippen LogP contribution in [0.2, 0.25) is 0 Å². The molecular formula is C18H31N5O3S. The van der Waals surface area contributed by atoms with Crippen LogP contribution in [0.25, 0.3) is 0 Å². The summed E-state index contributed by atoms with van der Waals surface area (Å²) in [5.41, 5.74) is 1.97. The van der Waals surface area contributed by atoms with Crippen molar-refractivity contribution < 1.29 is 13.2 Å². The zero-order valence-electron chi connectivity index (χ0n) is 16.9. The SMILES string of the molecule is COCCn1c(CN(C)Cc2cnn(C)c2)cnc1S(=O)(=O)CCC(C)C. The van der Waals surface area contributed by atoms with Crippen LogP contribution < -0.4 is 0 Å². The summed E-state index contributed by atoms with van der Waals surface area (Å²) < 4.78 is 34.2. The Hall–Kier alpha value is -1.71. The number of sulfone groups is 1.